The largest absolute Gasteiger partial charge is 0.330 e. The second-order valence-corrected chi connectivity index (χ2v) is 4.94. The van der Waals surface area contributed by atoms with E-state index in [0.29, 0.717) is 18.8 Å². The van der Waals surface area contributed by atoms with Crippen LogP contribution in [0.4, 0.5) is 0 Å². The lowest BCUT2D eigenvalue weighted by Crippen LogP contribution is -2.39. The van der Waals surface area contributed by atoms with Gasteiger partial charge in [0, 0.05) is 45.1 Å². The van der Waals surface area contributed by atoms with Gasteiger partial charge in [0.25, 0.3) is 5.56 Å². The van der Waals surface area contributed by atoms with Gasteiger partial charge in [0.05, 0.1) is 5.69 Å². The fraction of sp³-hybridized carbons (Fsp3) is 0.400. The zero-order valence-electron chi connectivity index (χ0n) is 12.6. The van der Waals surface area contributed by atoms with E-state index in [4.69, 9.17) is 0 Å². The maximum Gasteiger partial charge on any atom is 0.330 e. The Morgan fingerprint density at radius 1 is 1.19 bits per heavy atom. The number of hydrogen-bond acceptors (Lipinski definition) is 4. The number of nitrogens with zero attached hydrogens (tertiary/aromatic N) is 3. The van der Waals surface area contributed by atoms with Crippen molar-refractivity contribution >= 4 is 0 Å². The molecular weight excluding hydrogens is 268 g/mol. The van der Waals surface area contributed by atoms with Crippen molar-refractivity contribution in [2.45, 2.75) is 26.4 Å². The number of aromatic nitrogens is 3. The maximum absolute atomic E-state index is 11.8. The van der Waals surface area contributed by atoms with Crippen LogP contribution < -0.4 is 16.6 Å². The molecule has 0 saturated carbocycles. The zero-order valence-corrected chi connectivity index (χ0v) is 12.6. The van der Waals surface area contributed by atoms with Gasteiger partial charge in [-0.25, -0.2) is 4.79 Å². The molecule has 2 aromatic heterocycles. The van der Waals surface area contributed by atoms with Crippen molar-refractivity contribution in [3.63, 3.8) is 0 Å². The summed E-state index contributed by atoms with van der Waals surface area (Å²) in [6.45, 7) is 3.14. The van der Waals surface area contributed by atoms with Gasteiger partial charge in [-0.2, -0.15) is 0 Å². The van der Waals surface area contributed by atoms with Crippen LogP contribution in [0.3, 0.4) is 0 Å². The summed E-state index contributed by atoms with van der Waals surface area (Å²) in [5.41, 5.74) is 2.25. The highest BCUT2D eigenvalue weighted by molar-refractivity contribution is 5.19. The molecule has 2 heterocycles. The van der Waals surface area contributed by atoms with Gasteiger partial charge < -0.3 is 5.32 Å². The lowest BCUT2D eigenvalue weighted by atomic mass is 10.1. The van der Waals surface area contributed by atoms with Crippen LogP contribution in [0, 0.1) is 0 Å². The van der Waals surface area contributed by atoms with Crippen molar-refractivity contribution in [1.82, 2.24) is 19.4 Å². The van der Waals surface area contributed by atoms with Crippen LogP contribution in [0.1, 0.15) is 23.9 Å². The maximum atomic E-state index is 11.8. The van der Waals surface area contributed by atoms with Gasteiger partial charge in [-0.05, 0) is 18.1 Å². The first kappa shape index (κ1) is 15.2. The molecular formula is C15H20N4O2. The Bertz CT molecular complexity index is 746. The third kappa shape index (κ3) is 3.28. The Kier molecular flexibility index (Phi) is 4.70. The van der Waals surface area contributed by atoms with Gasteiger partial charge in [-0.1, -0.05) is 13.0 Å². The van der Waals surface area contributed by atoms with E-state index < -0.39 is 0 Å². The molecule has 2 aromatic rings. The van der Waals surface area contributed by atoms with E-state index in [1.165, 1.54) is 23.2 Å². The van der Waals surface area contributed by atoms with Crippen molar-refractivity contribution < 1.29 is 0 Å². The predicted octanol–water partition coefficient (Wildman–Crippen LogP) is 0.331. The molecule has 0 amide bonds. The summed E-state index contributed by atoms with van der Waals surface area (Å²) in [5, 5.41) is 3.24. The molecule has 6 nitrogen and oxygen atoms in total. The number of pyridine rings is 1. The van der Waals surface area contributed by atoms with E-state index in [1.807, 2.05) is 6.07 Å². The van der Waals surface area contributed by atoms with E-state index in [2.05, 4.69) is 23.3 Å². The van der Waals surface area contributed by atoms with E-state index in [1.54, 1.807) is 13.2 Å². The smallest absolute Gasteiger partial charge is 0.306 e. The monoisotopic (exact) mass is 288 g/mol. The molecule has 0 aliphatic rings. The first-order valence-corrected chi connectivity index (χ1v) is 6.94. The number of rotatable bonds is 5. The van der Waals surface area contributed by atoms with Gasteiger partial charge in [0.15, 0.2) is 0 Å². The molecule has 0 saturated heterocycles. The Morgan fingerprint density at radius 3 is 2.67 bits per heavy atom. The van der Waals surface area contributed by atoms with E-state index in [0.717, 1.165) is 16.7 Å². The Morgan fingerprint density at radius 2 is 1.95 bits per heavy atom. The Labute approximate surface area is 123 Å². The van der Waals surface area contributed by atoms with E-state index >= 15 is 0 Å². The van der Waals surface area contributed by atoms with Crippen LogP contribution in [0.5, 0.6) is 0 Å². The minimum atomic E-state index is -0.314. The molecule has 6 heteroatoms. The predicted molar refractivity (Wildman–Crippen MR) is 81.1 cm³/mol. The van der Waals surface area contributed by atoms with Gasteiger partial charge in [-0.3, -0.25) is 18.9 Å². The molecule has 112 valence electrons. The molecule has 21 heavy (non-hydrogen) atoms. The van der Waals surface area contributed by atoms with Crippen LogP contribution >= 0.6 is 0 Å². The molecule has 2 rings (SSSR count). The van der Waals surface area contributed by atoms with Crippen LogP contribution in [0.15, 0.2) is 34.0 Å². The van der Waals surface area contributed by atoms with Gasteiger partial charge >= 0.3 is 5.69 Å². The quantitative estimate of drug-likeness (QED) is 0.861. The van der Waals surface area contributed by atoms with Crippen molar-refractivity contribution in [3.8, 4) is 0 Å². The lowest BCUT2D eigenvalue weighted by molar-refractivity contribution is 0.595. The summed E-state index contributed by atoms with van der Waals surface area (Å²) in [4.78, 5) is 27.8. The second-order valence-electron chi connectivity index (χ2n) is 4.94. The highest BCUT2D eigenvalue weighted by Crippen LogP contribution is 2.05. The van der Waals surface area contributed by atoms with E-state index in [-0.39, 0.29) is 11.2 Å². The molecule has 0 aromatic carbocycles. The van der Waals surface area contributed by atoms with E-state index in [9.17, 15) is 9.59 Å². The third-order valence-corrected chi connectivity index (χ3v) is 3.59. The lowest BCUT2D eigenvalue weighted by Gasteiger charge is -2.11. The SMILES string of the molecule is CCc1cccnc1CNCc1cc(=O)n(C)c(=O)n1C. The van der Waals surface area contributed by atoms with Crippen LogP contribution in [0.25, 0.3) is 0 Å². The van der Waals surface area contributed by atoms with Gasteiger partial charge in [-0.15, -0.1) is 0 Å². The highest BCUT2D eigenvalue weighted by Gasteiger charge is 2.06. The molecule has 0 fully saturated rings. The van der Waals surface area contributed by atoms with Crippen molar-refractivity contribution in [2.75, 3.05) is 0 Å². The van der Waals surface area contributed by atoms with Gasteiger partial charge in [0.2, 0.25) is 0 Å². The summed E-state index contributed by atoms with van der Waals surface area (Å²) in [5.74, 6) is 0. The highest BCUT2D eigenvalue weighted by atomic mass is 16.2. The zero-order chi connectivity index (χ0) is 15.4. The molecule has 0 aliphatic carbocycles. The minimum absolute atomic E-state index is 0.290. The van der Waals surface area contributed by atoms with Crippen molar-refractivity contribution in [3.05, 3.63) is 62.2 Å². The standard InChI is InChI=1S/C15H20N4O2/c1-4-11-6-5-7-17-13(11)10-16-9-12-8-14(20)19(3)15(21)18(12)2/h5-8,16H,4,9-10H2,1-3H3. The van der Waals surface area contributed by atoms with Crippen molar-refractivity contribution in [1.29, 1.82) is 0 Å². The molecule has 0 spiro atoms. The number of hydrogen-bond donors (Lipinski definition) is 1. The summed E-state index contributed by atoms with van der Waals surface area (Å²) in [6, 6.07) is 5.46. The normalized spacial score (nSPS) is 10.8. The summed E-state index contributed by atoms with van der Waals surface area (Å²) < 4.78 is 2.57. The Balaban J connectivity index is 2.11. The average molecular weight is 288 g/mol. The van der Waals surface area contributed by atoms with Crippen LogP contribution in [-0.4, -0.2) is 14.1 Å². The molecule has 0 unspecified atom stereocenters. The number of aryl methyl sites for hydroxylation is 1. The van der Waals surface area contributed by atoms with Crippen LogP contribution in [0.2, 0.25) is 0 Å². The van der Waals surface area contributed by atoms with Crippen molar-refractivity contribution in [2.24, 2.45) is 14.1 Å². The fourth-order valence-electron chi connectivity index (χ4n) is 2.21. The second kappa shape index (κ2) is 6.49. The summed E-state index contributed by atoms with van der Waals surface area (Å²) in [7, 11) is 3.14. The molecule has 0 atom stereocenters. The third-order valence-electron chi connectivity index (χ3n) is 3.59. The Hall–Kier alpha value is -2.21. The molecule has 0 bridgehead atoms. The fourth-order valence-corrected chi connectivity index (χ4v) is 2.21. The first-order chi connectivity index (χ1) is 10.0. The first-order valence-electron chi connectivity index (χ1n) is 6.94. The summed E-state index contributed by atoms with van der Waals surface area (Å²) >= 11 is 0. The topological polar surface area (TPSA) is 68.9 Å². The van der Waals surface area contributed by atoms with Gasteiger partial charge in [0.1, 0.15) is 0 Å². The molecule has 0 aliphatic heterocycles. The van der Waals surface area contributed by atoms with Crippen LogP contribution in [-0.2, 0) is 33.6 Å². The molecule has 1 N–H and O–H groups in total. The minimum Gasteiger partial charge on any atom is -0.306 e. The average Bonchev–Trinajstić information content (AvgIpc) is 2.50. The number of nitrogens with one attached hydrogen (secondary N) is 1. The summed E-state index contributed by atoms with van der Waals surface area (Å²) in [6.07, 6.45) is 2.69. The molecule has 0 radical (unpaired) electrons.